The Kier molecular flexibility index (Phi) is 8.38. The Labute approximate surface area is 191 Å². The summed E-state index contributed by atoms with van der Waals surface area (Å²) in [5, 5.41) is 4.98. The zero-order valence-electron chi connectivity index (χ0n) is 18.2. The van der Waals surface area contributed by atoms with Crippen molar-refractivity contribution in [3.8, 4) is 0 Å². The van der Waals surface area contributed by atoms with Crippen LogP contribution in [0.25, 0.3) is 11.6 Å². The second kappa shape index (κ2) is 10.6. The van der Waals surface area contributed by atoms with Crippen LogP contribution in [0.5, 0.6) is 0 Å². The van der Waals surface area contributed by atoms with E-state index < -0.39 is 33.6 Å². The smallest absolute Gasteiger partial charge is 0.292 e. The van der Waals surface area contributed by atoms with Crippen LogP contribution in [0.3, 0.4) is 0 Å². The van der Waals surface area contributed by atoms with Crippen LogP contribution in [-0.4, -0.2) is 44.7 Å². The first-order chi connectivity index (χ1) is 15.4. The molecule has 1 unspecified atom stereocenters. The van der Waals surface area contributed by atoms with E-state index >= 15 is 0 Å². The summed E-state index contributed by atoms with van der Waals surface area (Å²) in [6, 6.07) is 9.42. The van der Waals surface area contributed by atoms with Crippen molar-refractivity contribution in [3.63, 3.8) is 0 Å². The summed E-state index contributed by atoms with van der Waals surface area (Å²) >= 11 is 0. The molecule has 0 amide bonds. The Morgan fingerprint density at radius 1 is 1.09 bits per heavy atom. The fraction of sp³-hybridized carbons (Fsp3) is 0.208. The van der Waals surface area contributed by atoms with Crippen LogP contribution in [0.2, 0.25) is 0 Å². The molecule has 0 saturated carbocycles. The van der Waals surface area contributed by atoms with Crippen molar-refractivity contribution >= 4 is 27.2 Å². The molecular formula is C24H24F4N2O2S. The SMILES string of the molecule is C=CCC(C=C)N(C)/N=C(\C(=C\c1ccc(S(C)(=O)=O)cc1)c1ccc(F)cc1)C(F)(F)F. The molecule has 9 heteroatoms. The molecule has 4 nitrogen and oxygen atoms in total. The molecule has 0 saturated heterocycles. The summed E-state index contributed by atoms with van der Waals surface area (Å²) in [6.45, 7) is 7.23. The maximum Gasteiger partial charge on any atom is 0.435 e. The van der Waals surface area contributed by atoms with Crippen LogP contribution < -0.4 is 0 Å². The lowest BCUT2D eigenvalue weighted by Gasteiger charge is -2.24. The van der Waals surface area contributed by atoms with E-state index in [2.05, 4.69) is 18.3 Å². The molecule has 33 heavy (non-hydrogen) atoms. The third kappa shape index (κ3) is 7.15. The number of hydrogen-bond acceptors (Lipinski definition) is 4. The topological polar surface area (TPSA) is 49.7 Å². The lowest BCUT2D eigenvalue weighted by molar-refractivity contribution is -0.0585. The Morgan fingerprint density at radius 2 is 1.67 bits per heavy atom. The van der Waals surface area contributed by atoms with Crippen LogP contribution in [0.4, 0.5) is 17.6 Å². The Balaban J connectivity index is 2.71. The van der Waals surface area contributed by atoms with Crippen LogP contribution in [0, 0.1) is 5.82 Å². The van der Waals surface area contributed by atoms with Gasteiger partial charge in [0.05, 0.1) is 10.9 Å². The minimum Gasteiger partial charge on any atom is -0.292 e. The summed E-state index contributed by atoms with van der Waals surface area (Å²) in [4.78, 5) is 0.0330. The number of alkyl halides is 3. The Hall–Kier alpha value is -3.20. The Bertz CT molecular complexity index is 1150. The predicted molar refractivity (Wildman–Crippen MR) is 124 cm³/mol. The number of allylic oxidation sites excluding steroid dienone is 1. The Morgan fingerprint density at radius 3 is 2.12 bits per heavy atom. The standard InChI is InChI=1S/C24H24F4N2O2S/c1-5-7-20(6-2)30(3)29-23(24(26,27)28)22(18-10-12-19(25)13-11-18)16-17-8-14-21(15-9-17)33(4,31)32/h5-6,8-16,20H,1-2,7H2,3-4H3/b22-16+,29-23+. The molecule has 2 aromatic rings. The average molecular weight is 481 g/mol. The van der Waals surface area contributed by atoms with Gasteiger partial charge in [-0.3, -0.25) is 5.01 Å². The molecule has 0 aromatic heterocycles. The normalized spacial score (nSPS) is 14.0. The number of benzene rings is 2. The molecule has 0 aliphatic rings. The molecular weight excluding hydrogens is 456 g/mol. The quantitative estimate of drug-likeness (QED) is 0.151. The third-order valence-corrected chi connectivity index (χ3v) is 5.84. The van der Waals surface area contributed by atoms with Gasteiger partial charge in [0.2, 0.25) is 0 Å². The fourth-order valence-electron chi connectivity index (χ4n) is 2.96. The largest absolute Gasteiger partial charge is 0.435 e. The first-order valence-electron chi connectivity index (χ1n) is 9.77. The number of rotatable bonds is 9. The molecule has 0 fully saturated rings. The summed E-state index contributed by atoms with van der Waals surface area (Å²) in [5.74, 6) is -0.601. The van der Waals surface area contributed by atoms with Crippen LogP contribution in [-0.2, 0) is 9.84 Å². The minimum absolute atomic E-state index is 0.0330. The molecule has 1 atom stereocenters. The molecule has 176 valence electrons. The third-order valence-electron chi connectivity index (χ3n) is 4.72. The summed E-state index contributed by atoms with van der Waals surface area (Å²) in [6.07, 6.45) is 0.759. The number of sulfone groups is 1. The van der Waals surface area contributed by atoms with Crippen molar-refractivity contribution in [1.82, 2.24) is 5.01 Å². The van der Waals surface area contributed by atoms with Gasteiger partial charge in [0.25, 0.3) is 0 Å². The van der Waals surface area contributed by atoms with E-state index in [4.69, 9.17) is 0 Å². The lowest BCUT2D eigenvalue weighted by Crippen LogP contribution is -2.32. The van der Waals surface area contributed by atoms with Gasteiger partial charge in [-0.15, -0.1) is 13.2 Å². The lowest BCUT2D eigenvalue weighted by atomic mass is 9.98. The van der Waals surface area contributed by atoms with Crippen LogP contribution in [0.1, 0.15) is 17.5 Å². The van der Waals surface area contributed by atoms with Crippen LogP contribution >= 0.6 is 0 Å². The van der Waals surface area contributed by atoms with Crippen molar-refractivity contribution in [1.29, 1.82) is 0 Å². The summed E-state index contributed by atoms with van der Waals surface area (Å²) in [7, 11) is -2.08. The van der Waals surface area contributed by atoms with Crippen LogP contribution in [0.15, 0.2) is 83.8 Å². The second-order valence-electron chi connectivity index (χ2n) is 7.25. The number of nitrogens with zero attached hydrogens (tertiary/aromatic N) is 2. The van der Waals surface area contributed by atoms with Crippen molar-refractivity contribution < 1.29 is 26.0 Å². The van der Waals surface area contributed by atoms with E-state index in [1.807, 2.05) is 0 Å². The zero-order valence-corrected chi connectivity index (χ0v) is 19.0. The van der Waals surface area contributed by atoms with Crippen molar-refractivity contribution in [3.05, 3.63) is 90.8 Å². The van der Waals surface area contributed by atoms with E-state index in [9.17, 15) is 26.0 Å². The number of hydrogen-bond donors (Lipinski definition) is 0. The van der Waals surface area contributed by atoms with Gasteiger partial charge in [-0.2, -0.15) is 18.3 Å². The van der Waals surface area contributed by atoms with Gasteiger partial charge in [0.1, 0.15) is 5.82 Å². The minimum atomic E-state index is -4.85. The molecule has 0 N–H and O–H groups in total. The van der Waals surface area contributed by atoms with Crippen molar-refractivity contribution in [2.24, 2.45) is 5.10 Å². The van der Waals surface area contributed by atoms with Gasteiger partial charge in [0.15, 0.2) is 15.5 Å². The molecule has 0 aliphatic heterocycles. The summed E-state index contributed by atoms with van der Waals surface area (Å²) < 4.78 is 79.4. The molecule has 0 aliphatic carbocycles. The fourth-order valence-corrected chi connectivity index (χ4v) is 3.59. The second-order valence-corrected chi connectivity index (χ2v) is 9.27. The molecule has 0 heterocycles. The first kappa shape index (κ1) is 26.1. The van der Waals surface area contributed by atoms with Gasteiger partial charge >= 0.3 is 6.18 Å². The molecule has 0 spiro atoms. The molecule has 0 bridgehead atoms. The van der Waals surface area contributed by atoms with Gasteiger partial charge < -0.3 is 0 Å². The monoisotopic (exact) mass is 480 g/mol. The van der Waals surface area contributed by atoms with Crippen molar-refractivity contribution in [2.45, 2.75) is 23.5 Å². The predicted octanol–water partition coefficient (Wildman–Crippen LogP) is 5.75. The highest BCUT2D eigenvalue weighted by Crippen LogP contribution is 2.31. The van der Waals surface area contributed by atoms with Gasteiger partial charge in [-0.25, -0.2) is 12.8 Å². The van der Waals surface area contributed by atoms with Gasteiger partial charge in [-0.1, -0.05) is 36.4 Å². The van der Waals surface area contributed by atoms with Gasteiger partial charge in [-0.05, 0) is 47.9 Å². The first-order valence-corrected chi connectivity index (χ1v) is 11.7. The average Bonchev–Trinajstić information content (AvgIpc) is 2.74. The molecule has 2 aromatic carbocycles. The van der Waals surface area contributed by atoms with E-state index in [0.29, 0.717) is 12.0 Å². The van der Waals surface area contributed by atoms with E-state index in [0.717, 1.165) is 23.4 Å². The number of hydrazone groups is 1. The highest BCUT2D eigenvalue weighted by Gasteiger charge is 2.39. The van der Waals surface area contributed by atoms with E-state index in [-0.39, 0.29) is 16.0 Å². The maximum absolute atomic E-state index is 14.2. The van der Waals surface area contributed by atoms with E-state index in [1.54, 1.807) is 6.08 Å². The van der Waals surface area contributed by atoms with Crippen molar-refractivity contribution in [2.75, 3.05) is 13.3 Å². The highest BCUT2D eigenvalue weighted by molar-refractivity contribution is 7.90. The summed E-state index contributed by atoms with van der Waals surface area (Å²) in [5.41, 5.74) is -1.10. The number of likely N-dealkylation sites (N-methyl/N-ethyl adjacent to an activating group) is 1. The van der Waals surface area contributed by atoms with Gasteiger partial charge in [0, 0.05) is 18.9 Å². The van der Waals surface area contributed by atoms with E-state index in [1.165, 1.54) is 55.6 Å². The highest BCUT2D eigenvalue weighted by atomic mass is 32.2. The molecule has 0 radical (unpaired) electrons. The maximum atomic E-state index is 14.2. The molecule has 2 rings (SSSR count). The zero-order chi connectivity index (χ0) is 24.8. The number of halogens is 4.